The quantitative estimate of drug-likeness (QED) is 0.807. The number of halogens is 1. The molecule has 0 amide bonds. The molecule has 0 fully saturated rings. The van der Waals surface area contributed by atoms with E-state index >= 15 is 0 Å². The third-order valence-corrected chi connectivity index (χ3v) is 2.08. The Balaban J connectivity index is 2.79. The summed E-state index contributed by atoms with van der Waals surface area (Å²) in [6, 6.07) is 5.07. The molecule has 0 aliphatic carbocycles. The fraction of sp³-hybridized carbons (Fsp3) is 0.400. The minimum Gasteiger partial charge on any atom is -0.490 e. The highest BCUT2D eigenvalue weighted by Gasteiger charge is 2.05. The first-order chi connectivity index (χ1) is 6.65. The molecule has 0 spiro atoms. The van der Waals surface area contributed by atoms with E-state index in [0.717, 1.165) is 5.56 Å². The maximum Gasteiger partial charge on any atom is 0.138 e. The van der Waals surface area contributed by atoms with Crippen LogP contribution in [-0.4, -0.2) is 23.4 Å². The lowest BCUT2D eigenvalue weighted by molar-refractivity contribution is 0.196. The van der Waals surface area contributed by atoms with Crippen LogP contribution in [0.15, 0.2) is 18.2 Å². The second-order valence-corrected chi connectivity index (χ2v) is 3.35. The van der Waals surface area contributed by atoms with Crippen molar-refractivity contribution >= 4 is 11.6 Å². The SMILES string of the molecule is C[C@@H](O)c1ccc(OCCO)c(Cl)c1. The van der Waals surface area contributed by atoms with Crippen LogP contribution in [0.1, 0.15) is 18.6 Å². The van der Waals surface area contributed by atoms with Crippen LogP contribution < -0.4 is 4.74 Å². The van der Waals surface area contributed by atoms with Crippen molar-refractivity contribution in [3.05, 3.63) is 28.8 Å². The van der Waals surface area contributed by atoms with Gasteiger partial charge in [-0.2, -0.15) is 0 Å². The fourth-order valence-corrected chi connectivity index (χ4v) is 1.29. The smallest absolute Gasteiger partial charge is 0.138 e. The van der Waals surface area contributed by atoms with Gasteiger partial charge in [0.05, 0.1) is 17.7 Å². The molecule has 0 saturated carbocycles. The Morgan fingerprint density at radius 2 is 2.21 bits per heavy atom. The van der Waals surface area contributed by atoms with Gasteiger partial charge in [0.1, 0.15) is 12.4 Å². The van der Waals surface area contributed by atoms with Crippen molar-refractivity contribution in [3.63, 3.8) is 0 Å². The Kier molecular flexibility index (Phi) is 4.20. The summed E-state index contributed by atoms with van der Waals surface area (Å²) in [6.45, 7) is 1.84. The van der Waals surface area contributed by atoms with E-state index in [-0.39, 0.29) is 13.2 Å². The molecule has 1 aromatic carbocycles. The van der Waals surface area contributed by atoms with E-state index in [4.69, 9.17) is 21.4 Å². The molecule has 3 nitrogen and oxygen atoms in total. The summed E-state index contributed by atoms with van der Waals surface area (Å²) in [5, 5.41) is 18.3. The monoisotopic (exact) mass is 216 g/mol. The number of rotatable bonds is 4. The van der Waals surface area contributed by atoms with Crippen LogP contribution in [0.4, 0.5) is 0 Å². The second kappa shape index (κ2) is 5.20. The average Bonchev–Trinajstić information content (AvgIpc) is 2.15. The van der Waals surface area contributed by atoms with E-state index in [2.05, 4.69) is 0 Å². The molecule has 14 heavy (non-hydrogen) atoms. The van der Waals surface area contributed by atoms with Crippen molar-refractivity contribution in [3.8, 4) is 5.75 Å². The first-order valence-electron chi connectivity index (χ1n) is 4.36. The Morgan fingerprint density at radius 3 is 2.71 bits per heavy atom. The van der Waals surface area contributed by atoms with Gasteiger partial charge in [-0.05, 0) is 24.6 Å². The standard InChI is InChI=1S/C10H13ClO3/c1-7(13)8-2-3-10(9(11)6-8)14-5-4-12/h2-3,6-7,12-13H,4-5H2,1H3/t7-/m1/s1. The molecule has 0 radical (unpaired) electrons. The topological polar surface area (TPSA) is 49.7 Å². The van der Waals surface area contributed by atoms with Gasteiger partial charge in [-0.15, -0.1) is 0 Å². The minimum atomic E-state index is -0.542. The average molecular weight is 217 g/mol. The number of ether oxygens (including phenoxy) is 1. The Morgan fingerprint density at radius 1 is 1.50 bits per heavy atom. The fourth-order valence-electron chi connectivity index (χ4n) is 1.05. The third kappa shape index (κ3) is 2.87. The van der Waals surface area contributed by atoms with Gasteiger partial charge in [0.25, 0.3) is 0 Å². The van der Waals surface area contributed by atoms with E-state index in [1.807, 2.05) is 0 Å². The summed E-state index contributed by atoms with van der Waals surface area (Å²) in [4.78, 5) is 0. The molecule has 2 N–H and O–H groups in total. The number of aliphatic hydroxyl groups excluding tert-OH is 2. The first-order valence-corrected chi connectivity index (χ1v) is 4.74. The Labute approximate surface area is 87.9 Å². The van der Waals surface area contributed by atoms with Crippen LogP contribution in [0.25, 0.3) is 0 Å². The highest BCUT2D eigenvalue weighted by Crippen LogP contribution is 2.27. The van der Waals surface area contributed by atoms with Gasteiger partial charge in [-0.25, -0.2) is 0 Å². The molecule has 0 aliphatic heterocycles. The molecular formula is C10H13ClO3. The largest absolute Gasteiger partial charge is 0.490 e. The van der Waals surface area contributed by atoms with Gasteiger partial charge in [-0.3, -0.25) is 0 Å². The number of hydrogen-bond acceptors (Lipinski definition) is 3. The maximum atomic E-state index is 9.28. The van der Waals surface area contributed by atoms with Crippen molar-refractivity contribution in [2.75, 3.05) is 13.2 Å². The first kappa shape index (κ1) is 11.3. The molecule has 0 unspecified atom stereocenters. The molecule has 0 aliphatic rings. The second-order valence-electron chi connectivity index (χ2n) is 2.94. The summed E-state index contributed by atoms with van der Waals surface area (Å²) in [6.07, 6.45) is -0.542. The van der Waals surface area contributed by atoms with Crippen molar-refractivity contribution in [2.45, 2.75) is 13.0 Å². The zero-order valence-corrected chi connectivity index (χ0v) is 8.66. The van der Waals surface area contributed by atoms with Gasteiger partial charge in [-0.1, -0.05) is 17.7 Å². The molecule has 4 heteroatoms. The van der Waals surface area contributed by atoms with E-state index in [1.54, 1.807) is 25.1 Å². The lowest BCUT2D eigenvalue weighted by atomic mass is 10.1. The number of hydrogen-bond donors (Lipinski definition) is 2. The minimum absolute atomic E-state index is 0.0471. The van der Waals surface area contributed by atoms with Crippen LogP contribution in [0.3, 0.4) is 0 Å². The normalized spacial score (nSPS) is 12.6. The predicted octanol–water partition coefficient (Wildman–Crippen LogP) is 1.76. The lowest BCUT2D eigenvalue weighted by Gasteiger charge is -2.09. The van der Waals surface area contributed by atoms with Crippen LogP contribution >= 0.6 is 11.6 Å². The van der Waals surface area contributed by atoms with Crippen molar-refractivity contribution in [1.82, 2.24) is 0 Å². The third-order valence-electron chi connectivity index (χ3n) is 1.79. The van der Waals surface area contributed by atoms with E-state index < -0.39 is 6.10 Å². The van der Waals surface area contributed by atoms with Gasteiger partial charge >= 0.3 is 0 Å². The molecule has 1 aromatic rings. The maximum absolute atomic E-state index is 9.28. The van der Waals surface area contributed by atoms with Gasteiger partial charge in [0, 0.05) is 0 Å². The summed E-state index contributed by atoms with van der Waals surface area (Å²) >= 11 is 5.89. The molecule has 0 bridgehead atoms. The molecule has 0 heterocycles. The molecule has 78 valence electrons. The van der Waals surface area contributed by atoms with E-state index in [9.17, 15) is 5.11 Å². The highest BCUT2D eigenvalue weighted by molar-refractivity contribution is 6.32. The number of aliphatic hydroxyl groups is 2. The zero-order valence-electron chi connectivity index (χ0n) is 7.90. The molecule has 0 saturated heterocycles. The van der Waals surface area contributed by atoms with Crippen molar-refractivity contribution < 1.29 is 14.9 Å². The number of benzene rings is 1. The van der Waals surface area contributed by atoms with Gasteiger partial charge in [0.2, 0.25) is 0 Å². The summed E-state index contributed by atoms with van der Waals surface area (Å²) in [5.74, 6) is 0.519. The van der Waals surface area contributed by atoms with Gasteiger partial charge < -0.3 is 14.9 Å². The predicted molar refractivity (Wildman–Crippen MR) is 54.7 cm³/mol. The van der Waals surface area contributed by atoms with Crippen LogP contribution in [-0.2, 0) is 0 Å². The molecule has 1 rings (SSSR count). The highest BCUT2D eigenvalue weighted by atomic mass is 35.5. The lowest BCUT2D eigenvalue weighted by Crippen LogP contribution is -2.02. The summed E-state index contributed by atoms with van der Waals surface area (Å²) in [7, 11) is 0. The van der Waals surface area contributed by atoms with Crippen LogP contribution in [0, 0.1) is 0 Å². The zero-order chi connectivity index (χ0) is 10.6. The van der Waals surface area contributed by atoms with Crippen LogP contribution in [0.5, 0.6) is 5.75 Å². The summed E-state index contributed by atoms with van der Waals surface area (Å²) in [5.41, 5.74) is 0.742. The van der Waals surface area contributed by atoms with E-state index in [1.165, 1.54) is 0 Å². The molecule has 1 atom stereocenters. The van der Waals surface area contributed by atoms with Crippen molar-refractivity contribution in [1.29, 1.82) is 0 Å². The Bertz CT molecular complexity index is 299. The molecule has 0 aromatic heterocycles. The van der Waals surface area contributed by atoms with E-state index in [0.29, 0.717) is 10.8 Å². The molecular weight excluding hydrogens is 204 g/mol. The van der Waals surface area contributed by atoms with Crippen LogP contribution in [0.2, 0.25) is 5.02 Å². The Hall–Kier alpha value is -0.770. The van der Waals surface area contributed by atoms with Crippen molar-refractivity contribution in [2.24, 2.45) is 0 Å². The van der Waals surface area contributed by atoms with Gasteiger partial charge in [0.15, 0.2) is 0 Å². The summed E-state index contributed by atoms with van der Waals surface area (Å²) < 4.78 is 5.16.